The Balaban J connectivity index is 0.00000588. The Hall–Kier alpha value is -0.296. The first kappa shape index (κ1) is 36.9. The van der Waals surface area contributed by atoms with Gasteiger partial charge in [0.05, 0.1) is 18.3 Å². The number of rotatable bonds is 12. The molecule has 1 saturated heterocycles. The molecule has 3 rings (SSSR count). The number of nitrogens with zero attached hydrogens (tertiary/aromatic N) is 2. The molecule has 2 heterocycles. The van der Waals surface area contributed by atoms with E-state index in [2.05, 4.69) is 19.2 Å². The van der Waals surface area contributed by atoms with E-state index in [4.69, 9.17) is 14.5 Å². The minimum absolute atomic E-state index is 0. The zero-order valence-electron chi connectivity index (χ0n) is 20.6. The monoisotopic (exact) mass is 751 g/mol. The number of hydrogen-bond acceptors (Lipinski definition) is 14. The molecule has 0 saturated carbocycles. The van der Waals surface area contributed by atoms with E-state index in [1.165, 1.54) is 27.7 Å². The summed E-state index contributed by atoms with van der Waals surface area (Å²) in [6.07, 6.45) is -1.91. The van der Waals surface area contributed by atoms with Crippen LogP contribution in [0.25, 0.3) is 0 Å². The quantitative estimate of drug-likeness (QED) is 0.130. The molecule has 0 spiro atoms. The van der Waals surface area contributed by atoms with Crippen LogP contribution in [0.15, 0.2) is 40.1 Å². The van der Waals surface area contributed by atoms with Gasteiger partial charge in [-0.1, -0.05) is 39.8 Å². The minimum Gasteiger partial charge on any atom is -0.756 e. The Bertz CT molecular complexity index is 1510. The minimum atomic E-state index is -5.82. The van der Waals surface area contributed by atoms with Crippen LogP contribution in [-0.2, 0) is 70.0 Å². The summed E-state index contributed by atoms with van der Waals surface area (Å²) in [5, 5.41) is 10.3. The van der Waals surface area contributed by atoms with E-state index in [0.717, 1.165) is 10.8 Å². The fourth-order valence-corrected chi connectivity index (χ4v) is 7.65. The van der Waals surface area contributed by atoms with Crippen LogP contribution in [0.4, 0.5) is 0 Å². The summed E-state index contributed by atoms with van der Waals surface area (Å²) in [4.78, 5) is 76.9. The second kappa shape index (κ2) is 15.1. The van der Waals surface area contributed by atoms with Gasteiger partial charge in [-0.15, -0.1) is 0 Å². The molecule has 1 fully saturated rings. The molecule has 0 bridgehead atoms. The van der Waals surface area contributed by atoms with Crippen LogP contribution in [0, 0.1) is 6.07 Å². The van der Waals surface area contributed by atoms with Gasteiger partial charge < -0.3 is 49.4 Å². The maximum Gasteiger partial charge on any atom is 0.487 e. The van der Waals surface area contributed by atoms with Crippen molar-refractivity contribution in [2.45, 2.75) is 30.6 Å². The predicted octanol–water partition coefficient (Wildman–Crippen LogP) is 0.367. The van der Waals surface area contributed by atoms with Crippen molar-refractivity contribution in [1.82, 2.24) is 9.13 Å². The first-order valence-electron chi connectivity index (χ1n) is 10.7. The molecule has 17 nitrogen and oxygen atoms in total. The third-order valence-electron chi connectivity index (χ3n) is 5.05. The van der Waals surface area contributed by atoms with Crippen LogP contribution >= 0.6 is 45.1 Å². The van der Waals surface area contributed by atoms with Crippen molar-refractivity contribution in [2.75, 3.05) is 12.9 Å². The molecule has 1 aliphatic rings. The summed E-state index contributed by atoms with van der Waals surface area (Å²) in [7, 11) is -14.3. The molecular formula is C18H21N2O15P3S2Y-2. The third-order valence-corrected chi connectivity index (χ3v) is 10.5. The average molecular weight is 751 g/mol. The summed E-state index contributed by atoms with van der Waals surface area (Å²) < 4.78 is 51.9. The van der Waals surface area contributed by atoms with E-state index in [1.54, 1.807) is 18.2 Å². The van der Waals surface area contributed by atoms with E-state index in [1.807, 2.05) is 6.26 Å². The van der Waals surface area contributed by atoms with Crippen molar-refractivity contribution >= 4 is 51.0 Å². The summed E-state index contributed by atoms with van der Waals surface area (Å²) in [6, 6.07) is 8.59. The standard InChI is InChI=1S/C18H22N2O15P3S2.Y/c1-39-40-10-11-4-2-3-5-12(11)17(23)20-15(22)6-7-19(18(20)24)16-8-13(21)14(33-16)9-32-37(28,29)35-38(30,31)34-36(25,26)27;/h2-5,7,13-14,16,21H,8-10H2,1H3,(H,28,29)(H,30,31)(H2,25,26,27);/q-1;/p-1/t13?,14-,16-;/m1./s1. The van der Waals surface area contributed by atoms with E-state index in [9.17, 15) is 43.0 Å². The van der Waals surface area contributed by atoms with Crippen LogP contribution in [-0.4, -0.2) is 59.9 Å². The van der Waals surface area contributed by atoms with Gasteiger partial charge in [0, 0.05) is 50.4 Å². The number of phosphoric ester groups is 1. The number of benzene rings is 1. The SMILES string of the molecule is CSSCc1ccccc1C(=O)n1c(=O)[c-]cn([C@H]2CC(O)[C@@H](COP(=O)([O-])OP(=O)(O)OP(=O)(O)O)O2)c1=O.[Y]. The van der Waals surface area contributed by atoms with Crippen molar-refractivity contribution in [2.24, 2.45) is 0 Å². The second-order valence-corrected chi connectivity index (χ2v) is 14.7. The normalized spacial score (nSPS) is 22.0. The molecule has 1 aromatic heterocycles. The topological polar surface area (TPSA) is 253 Å². The predicted molar refractivity (Wildman–Crippen MR) is 137 cm³/mol. The van der Waals surface area contributed by atoms with Gasteiger partial charge in [-0.2, -0.15) is 10.5 Å². The summed E-state index contributed by atoms with van der Waals surface area (Å²) in [6.45, 7) is -1.04. The average Bonchev–Trinajstić information content (AvgIpc) is 3.19. The van der Waals surface area contributed by atoms with Gasteiger partial charge in [0.15, 0.2) is 0 Å². The first-order valence-corrected chi connectivity index (χ1v) is 17.9. The molecule has 23 heteroatoms. The van der Waals surface area contributed by atoms with Crippen molar-refractivity contribution in [1.29, 1.82) is 0 Å². The van der Waals surface area contributed by atoms with Crippen LogP contribution in [0.2, 0.25) is 0 Å². The Kier molecular flexibility index (Phi) is 13.6. The number of aliphatic hydroxyl groups is 1. The molecule has 4 N–H and O–H groups in total. The van der Waals surface area contributed by atoms with Crippen molar-refractivity contribution in [3.63, 3.8) is 0 Å². The molecular weight excluding hydrogens is 730 g/mol. The number of carbonyl (C=O) groups excluding carboxylic acids is 1. The van der Waals surface area contributed by atoms with Gasteiger partial charge in [-0.25, -0.2) is 22.8 Å². The van der Waals surface area contributed by atoms with Crippen molar-refractivity contribution < 1.29 is 93.8 Å². The number of aliphatic hydroxyl groups excluding tert-OH is 1. The van der Waals surface area contributed by atoms with Gasteiger partial charge in [0.1, 0.15) is 12.3 Å². The van der Waals surface area contributed by atoms with Crippen LogP contribution in [0.1, 0.15) is 28.6 Å². The second-order valence-electron chi connectivity index (χ2n) is 7.79. The molecule has 3 unspecified atom stereocenters. The van der Waals surface area contributed by atoms with E-state index in [-0.39, 0.29) is 44.7 Å². The number of ether oxygens (including phenoxy) is 1. The number of hydrogen-bond donors (Lipinski definition) is 4. The van der Waals surface area contributed by atoms with Crippen LogP contribution in [0.5, 0.6) is 0 Å². The van der Waals surface area contributed by atoms with E-state index < -0.39 is 65.7 Å². The summed E-state index contributed by atoms with van der Waals surface area (Å²) in [5.74, 6) is -0.515. The fourth-order valence-electron chi connectivity index (χ4n) is 3.43. The molecule has 1 radical (unpaired) electrons. The van der Waals surface area contributed by atoms with Crippen molar-refractivity contribution in [3.05, 3.63) is 68.5 Å². The zero-order chi connectivity index (χ0) is 29.9. The van der Waals surface area contributed by atoms with Gasteiger partial charge in [0.25, 0.3) is 13.7 Å². The Morgan fingerprint density at radius 1 is 1.20 bits per heavy atom. The number of aromatic nitrogens is 2. The molecule has 41 heavy (non-hydrogen) atoms. The smallest absolute Gasteiger partial charge is 0.487 e. The molecule has 1 aromatic carbocycles. The van der Waals surface area contributed by atoms with Crippen molar-refractivity contribution in [3.8, 4) is 0 Å². The van der Waals surface area contributed by atoms with Gasteiger partial charge in [0.2, 0.25) is 0 Å². The maximum atomic E-state index is 13.2. The molecule has 0 amide bonds. The molecule has 1 aliphatic heterocycles. The summed E-state index contributed by atoms with van der Waals surface area (Å²) in [5.41, 5.74) is -1.51. The van der Waals surface area contributed by atoms with Gasteiger partial charge in [-0.3, -0.25) is 9.36 Å². The molecule has 225 valence electrons. The molecule has 2 aromatic rings. The van der Waals surface area contributed by atoms with Gasteiger partial charge in [-0.05, 0) is 17.9 Å². The van der Waals surface area contributed by atoms with Crippen LogP contribution < -0.4 is 16.1 Å². The Morgan fingerprint density at radius 3 is 2.49 bits per heavy atom. The van der Waals surface area contributed by atoms with Gasteiger partial charge >= 0.3 is 21.3 Å². The maximum absolute atomic E-state index is 13.2. The molecule has 5 atom stereocenters. The third kappa shape index (κ3) is 10.4. The first-order chi connectivity index (χ1) is 18.5. The fraction of sp³-hybridized carbons (Fsp3) is 0.389. The largest absolute Gasteiger partial charge is 0.756 e. The Labute approximate surface area is 264 Å². The van der Waals surface area contributed by atoms with E-state index in [0.29, 0.717) is 15.9 Å². The zero-order valence-corrected chi connectivity index (χ0v) is 27.8. The molecule has 0 aliphatic carbocycles. The van der Waals surface area contributed by atoms with Crippen LogP contribution in [0.3, 0.4) is 0 Å². The summed E-state index contributed by atoms with van der Waals surface area (Å²) >= 11 is 0. The Morgan fingerprint density at radius 2 is 1.85 bits per heavy atom. The van der Waals surface area contributed by atoms with E-state index >= 15 is 0 Å². The number of phosphoric acid groups is 3. The number of carbonyl (C=O) groups is 1.